The van der Waals surface area contributed by atoms with Crippen molar-refractivity contribution in [1.82, 2.24) is 0 Å². The van der Waals surface area contributed by atoms with Gasteiger partial charge in [0.05, 0.1) is 0 Å². The van der Waals surface area contributed by atoms with Gasteiger partial charge in [0.25, 0.3) is 0 Å². The zero-order valence-electron chi connectivity index (χ0n) is 2.97. The Kier molecular flexibility index (Phi) is 5.06. The molecular weight excluding hydrogens is 208 g/mol. The smallest absolute Gasteiger partial charge is 0.168 e. The zero-order chi connectivity index (χ0) is 6.08. The van der Waals surface area contributed by atoms with Crippen LogP contribution < -0.4 is 0 Å². The van der Waals surface area contributed by atoms with Crippen LogP contribution in [0.4, 0.5) is 13.2 Å². The second-order valence-corrected chi connectivity index (χ2v) is 2.72. The van der Waals surface area contributed by atoms with Crippen LogP contribution in [0.5, 0.6) is 0 Å². The fraction of sp³-hybridized carbons (Fsp3) is 1.00. The van der Waals surface area contributed by atoms with Crippen molar-refractivity contribution in [3.8, 4) is 0 Å². The van der Waals surface area contributed by atoms with Gasteiger partial charge >= 0.3 is 6.18 Å². The Morgan fingerprint density at radius 3 is 1.50 bits per heavy atom. The van der Waals surface area contributed by atoms with Crippen LogP contribution in [0.1, 0.15) is 7.43 Å². The highest BCUT2D eigenvalue weighted by atomic mass is 79.9. The van der Waals surface area contributed by atoms with Gasteiger partial charge < -0.3 is 0 Å². The number of rotatable bonds is 0. The molecule has 0 heterocycles. The minimum absolute atomic E-state index is 0. The molecule has 0 aromatic carbocycles. The first-order valence-corrected chi connectivity index (χ1v) is 2.64. The van der Waals surface area contributed by atoms with Crippen molar-refractivity contribution in [2.45, 2.75) is 17.9 Å². The molecule has 52 valence electrons. The average molecular weight is 213 g/mol. The third-order valence-corrected chi connectivity index (χ3v) is 1.01. The minimum Gasteiger partial charge on any atom is -0.168 e. The summed E-state index contributed by atoms with van der Waals surface area (Å²) in [6, 6.07) is 0. The predicted molar refractivity (Wildman–Crippen MR) is 31.4 cm³/mol. The Morgan fingerprint density at radius 1 is 1.38 bits per heavy atom. The quantitative estimate of drug-likeness (QED) is 0.542. The van der Waals surface area contributed by atoms with Gasteiger partial charge in [0.15, 0.2) is 4.29 Å². The fourth-order valence-electron chi connectivity index (χ4n) is 0. The molecule has 0 aromatic heterocycles. The standard InChI is InChI=1S/C2HBrClF3.CH4/c3-1(4)2(5,6)7;/h1H;1H4. The van der Waals surface area contributed by atoms with E-state index < -0.39 is 10.5 Å². The van der Waals surface area contributed by atoms with Crippen molar-refractivity contribution in [3.63, 3.8) is 0 Å². The molecule has 0 saturated heterocycles. The van der Waals surface area contributed by atoms with Gasteiger partial charge in [-0.05, 0) is 0 Å². The summed E-state index contributed by atoms with van der Waals surface area (Å²) in [4.78, 5) is 0. The van der Waals surface area contributed by atoms with Crippen LogP contribution in [0.25, 0.3) is 0 Å². The van der Waals surface area contributed by atoms with Gasteiger partial charge in [0.2, 0.25) is 0 Å². The molecule has 5 heteroatoms. The van der Waals surface area contributed by atoms with Gasteiger partial charge in [-0.1, -0.05) is 23.4 Å². The van der Waals surface area contributed by atoms with Crippen molar-refractivity contribution in [3.05, 3.63) is 0 Å². The Hall–Kier alpha value is 0.560. The first kappa shape index (κ1) is 11.4. The second-order valence-electron chi connectivity index (χ2n) is 0.842. The second kappa shape index (κ2) is 3.56. The molecule has 0 bridgehead atoms. The van der Waals surface area contributed by atoms with E-state index in [1.54, 1.807) is 0 Å². The lowest BCUT2D eigenvalue weighted by Crippen LogP contribution is -2.16. The van der Waals surface area contributed by atoms with Crippen molar-refractivity contribution in [2.24, 2.45) is 0 Å². The molecule has 0 N–H and O–H groups in total. The Labute approximate surface area is 59.1 Å². The highest BCUT2D eigenvalue weighted by molar-refractivity contribution is 9.10. The van der Waals surface area contributed by atoms with E-state index in [0.717, 1.165) is 0 Å². The third-order valence-electron chi connectivity index (χ3n) is 0.247. The first-order valence-electron chi connectivity index (χ1n) is 1.29. The van der Waals surface area contributed by atoms with E-state index >= 15 is 0 Å². The summed E-state index contributed by atoms with van der Waals surface area (Å²) < 4.78 is 31.1. The lowest BCUT2D eigenvalue weighted by molar-refractivity contribution is -0.112. The molecule has 0 fully saturated rings. The van der Waals surface area contributed by atoms with Crippen molar-refractivity contribution >= 4 is 27.5 Å². The van der Waals surface area contributed by atoms with Crippen molar-refractivity contribution in [2.75, 3.05) is 0 Å². The summed E-state index contributed by atoms with van der Waals surface area (Å²) >= 11 is 6.68. The van der Waals surface area contributed by atoms with E-state index in [1.165, 1.54) is 0 Å². The first-order chi connectivity index (χ1) is 2.94. The average Bonchev–Trinajstić information content (AvgIpc) is 1.31. The van der Waals surface area contributed by atoms with E-state index in [2.05, 4.69) is 27.5 Å². The summed E-state index contributed by atoms with van der Waals surface area (Å²) in [6.07, 6.45) is -4.32. The summed E-state index contributed by atoms with van der Waals surface area (Å²) in [5.74, 6) is 0. The van der Waals surface area contributed by atoms with Gasteiger partial charge in [-0.25, -0.2) is 0 Å². The zero-order valence-corrected chi connectivity index (χ0v) is 5.31. The summed E-state index contributed by atoms with van der Waals surface area (Å²) in [7, 11) is 0. The van der Waals surface area contributed by atoms with Crippen LogP contribution in [-0.4, -0.2) is 10.5 Å². The van der Waals surface area contributed by atoms with Gasteiger partial charge in [0.1, 0.15) is 0 Å². The maximum absolute atomic E-state index is 11.0. The molecule has 0 aliphatic carbocycles. The van der Waals surface area contributed by atoms with Crippen molar-refractivity contribution < 1.29 is 13.2 Å². The van der Waals surface area contributed by atoms with Gasteiger partial charge in [-0.15, -0.1) is 11.6 Å². The van der Waals surface area contributed by atoms with Crippen LogP contribution in [0.15, 0.2) is 0 Å². The van der Waals surface area contributed by atoms with Crippen molar-refractivity contribution in [1.29, 1.82) is 0 Å². The van der Waals surface area contributed by atoms with Crippen LogP contribution >= 0.6 is 27.5 Å². The van der Waals surface area contributed by atoms with E-state index in [0.29, 0.717) is 0 Å². The number of hydrogen-bond donors (Lipinski definition) is 0. The molecule has 0 rings (SSSR count). The van der Waals surface area contributed by atoms with Crippen LogP contribution in [0.2, 0.25) is 0 Å². The molecule has 0 spiro atoms. The molecule has 1 atom stereocenters. The maximum atomic E-state index is 11.0. The Balaban J connectivity index is 0. The van der Waals surface area contributed by atoms with Crippen LogP contribution in [-0.2, 0) is 0 Å². The highest BCUT2D eigenvalue weighted by Crippen LogP contribution is 2.28. The number of alkyl halides is 5. The van der Waals surface area contributed by atoms with Gasteiger partial charge in [0, 0.05) is 0 Å². The molecule has 0 saturated carbocycles. The number of halogens is 5. The molecule has 0 radical (unpaired) electrons. The lowest BCUT2D eigenvalue weighted by atomic mass is 10.8. The summed E-state index contributed by atoms with van der Waals surface area (Å²) in [5.41, 5.74) is 0. The Morgan fingerprint density at radius 2 is 1.50 bits per heavy atom. The summed E-state index contributed by atoms with van der Waals surface area (Å²) in [6.45, 7) is 0. The summed E-state index contributed by atoms with van der Waals surface area (Å²) in [5, 5.41) is 0. The largest absolute Gasteiger partial charge is 0.414 e. The predicted octanol–water partition coefficient (Wildman–Crippen LogP) is 3.14. The molecule has 0 aliphatic rings. The third kappa shape index (κ3) is 4.71. The molecule has 0 aromatic rings. The highest BCUT2D eigenvalue weighted by Gasteiger charge is 2.35. The Bertz CT molecular complexity index is 60.0. The fourth-order valence-corrected chi connectivity index (χ4v) is 0. The van der Waals surface area contributed by atoms with E-state index in [1.807, 2.05) is 0 Å². The molecule has 0 amide bonds. The molecule has 0 aliphatic heterocycles. The van der Waals surface area contributed by atoms with Crippen LogP contribution in [0.3, 0.4) is 0 Å². The van der Waals surface area contributed by atoms with Crippen LogP contribution in [0, 0.1) is 0 Å². The van der Waals surface area contributed by atoms with Gasteiger partial charge in [-0.3, -0.25) is 0 Å². The topological polar surface area (TPSA) is 0 Å². The maximum Gasteiger partial charge on any atom is 0.414 e. The molecule has 1 unspecified atom stereocenters. The lowest BCUT2D eigenvalue weighted by Gasteiger charge is -2.03. The SMILES string of the molecule is C.FC(F)(F)C(Cl)Br. The van der Waals surface area contributed by atoms with E-state index in [9.17, 15) is 13.2 Å². The van der Waals surface area contributed by atoms with E-state index in [4.69, 9.17) is 0 Å². The molecular formula is C3H5BrClF3. The minimum atomic E-state index is -4.32. The van der Waals surface area contributed by atoms with Gasteiger partial charge in [-0.2, -0.15) is 13.2 Å². The molecule has 8 heavy (non-hydrogen) atoms. The normalized spacial score (nSPS) is 14.6. The number of hydrogen-bond acceptors (Lipinski definition) is 0. The van der Waals surface area contributed by atoms with E-state index in [-0.39, 0.29) is 7.43 Å². The molecule has 0 nitrogen and oxygen atoms in total. The monoisotopic (exact) mass is 212 g/mol.